The summed E-state index contributed by atoms with van der Waals surface area (Å²) in [6.45, 7) is 8.23. The van der Waals surface area contributed by atoms with Crippen molar-refractivity contribution in [2.24, 2.45) is 0 Å². The normalized spacial score (nSPS) is 20.7. The number of thiazole rings is 1. The number of nitrogens with one attached hydrogen (secondary N) is 1. The molecule has 0 bridgehead atoms. The highest BCUT2D eigenvalue weighted by Crippen LogP contribution is 2.41. The lowest BCUT2D eigenvalue weighted by molar-refractivity contribution is 0.106. The Morgan fingerprint density at radius 2 is 2.07 bits per heavy atom. The Kier molecular flexibility index (Phi) is 5.02. The van der Waals surface area contributed by atoms with Crippen molar-refractivity contribution in [3.63, 3.8) is 0 Å². The van der Waals surface area contributed by atoms with Gasteiger partial charge in [0.15, 0.2) is 0 Å². The van der Waals surface area contributed by atoms with Gasteiger partial charge in [-0.3, -0.25) is 4.90 Å². The molecule has 1 aromatic carbocycles. The predicted molar refractivity (Wildman–Crippen MR) is 126 cm³/mol. The number of hydrogen-bond acceptors (Lipinski definition) is 6. The van der Waals surface area contributed by atoms with E-state index in [1.807, 2.05) is 23.0 Å². The van der Waals surface area contributed by atoms with Crippen LogP contribution in [0.25, 0.3) is 20.4 Å². The van der Waals surface area contributed by atoms with Gasteiger partial charge in [-0.05, 0) is 70.5 Å². The first kappa shape index (κ1) is 19.0. The summed E-state index contributed by atoms with van der Waals surface area (Å²) >= 11 is 3.54. The van der Waals surface area contributed by atoms with Gasteiger partial charge in [0.05, 0.1) is 21.4 Å². The maximum Gasteiger partial charge on any atom is 0.125 e. The highest BCUT2D eigenvalue weighted by atomic mass is 32.1. The number of hydrogen-bond donors (Lipinski definition) is 1. The standard InChI is InChI=1S/C23H26N4S2/c1-14(2)27-10-4-5-17(15(27)3)22-12-18-19(8-9-24-23(18)29-22)26-16-6-7-21-20(11-16)25-13-28-21/h6-9,11-15,17H,4-5,10H2,1-3H3,(H,24,26)/t15-,17+/m1/s1. The number of pyridine rings is 1. The Bertz CT molecular complexity index is 1150. The Labute approximate surface area is 179 Å². The third kappa shape index (κ3) is 3.54. The smallest absolute Gasteiger partial charge is 0.125 e. The fourth-order valence-corrected chi connectivity index (χ4v) is 6.54. The zero-order valence-corrected chi connectivity index (χ0v) is 18.7. The molecule has 0 radical (unpaired) electrons. The molecule has 0 aliphatic carbocycles. The van der Waals surface area contributed by atoms with E-state index in [0.29, 0.717) is 18.0 Å². The Morgan fingerprint density at radius 3 is 2.93 bits per heavy atom. The van der Waals surface area contributed by atoms with Crippen LogP contribution in [0.1, 0.15) is 44.4 Å². The van der Waals surface area contributed by atoms with Gasteiger partial charge in [0.1, 0.15) is 4.83 Å². The molecular formula is C23H26N4S2. The second kappa shape index (κ2) is 7.67. The van der Waals surface area contributed by atoms with E-state index in [2.05, 4.69) is 71.3 Å². The summed E-state index contributed by atoms with van der Waals surface area (Å²) < 4.78 is 1.22. The van der Waals surface area contributed by atoms with E-state index < -0.39 is 0 Å². The summed E-state index contributed by atoms with van der Waals surface area (Å²) in [6.07, 6.45) is 4.45. The number of piperidine rings is 1. The van der Waals surface area contributed by atoms with Crippen molar-refractivity contribution in [1.82, 2.24) is 14.9 Å². The number of nitrogens with zero attached hydrogens (tertiary/aromatic N) is 3. The summed E-state index contributed by atoms with van der Waals surface area (Å²) in [5.41, 5.74) is 5.13. The Balaban J connectivity index is 1.47. The second-order valence-corrected chi connectivity index (χ2v) is 10.2. The average molecular weight is 423 g/mol. The van der Waals surface area contributed by atoms with Crippen molar-refractivity contribution in [1.29, 1.82) is 0 Å². The van der Waals surface area contributed by atoms with Crippen molar-refractivity contribution in [2.45, 2.75) is 51.6 Å². The van der Waals surface area contributed by atoms with Gasteiger partial charge in [0, 0.05) is 40.1 Å². The summed E-state index contributed by atoms with van der Waals surface area (Å²) in [5, 5.41) is 4.83. The molecule has 3 aromatic heterocycles. The van der Waals surface area contributed by atoms with Crippen LogP contribution in [0.4, 0.5) is 11.4 Å². The van der Waals surface area contributed by atoms with Gasteiger partial charge in [-0.15, -0.1) is 22.7 Å². The van der Waals surface area contributed by atoms with E-state index in [1.165, 1.54) is 34.3 Å². The number of thiophene rings is 1. The van der Waals surface area contributed by atoms with E-state index in [1.54, 1.807) is 11.3 Å². The predicted octanol–water partition coefficient (Wildman–Crippen LogP) is 6.63. The third-order valence-corrected chi connectivity index (χ3v) is 8.11. The first-order valence-electron chi connectivity index (χ1n) is 10.3. The molecule has 2 atom stereocenters. The van der Waals surface area contributed by atoms with E-state index in [9.17, 15) is 0 Å². The van der Waals surface area contributed by atoms with Crippen molar-refractivity contribution >= 4 is 54.5 Å². The van der Waals surface area contributed by atoms with Crippen LogP contribution in [0.2, 0.25) is 0 Å². The molecule has 4 aromatic rings. The van der Waals surface area contributed by atoms with Gasteiger partial charge in [-0.25, -0.2) is 9.97 Å². The van der Waals surface area contributed by atoms with Crippen LogP contribution in [0.15, 0.2) is 42.0 Å². The lowest BCUT2D eigenvalue weighted by Crippen LogP contribution is -2.45. The molecule has 1 fully saturated rings. The van der Waals surface area contributed by atoms with E-state index in [0.717, 1.165) is 21.7 Å². The van der Waals surface area contributed by atoms with Gasteiger partial charge < -0.3 is 5.32 Å². The molecule has 4 heterocycles. The van der Waals surface area contributed by atoms with Crippen LogP contribution in [0.3, 0.4) is 0 Å². The number of rotatable bonds is 4. The summed E-state index contributed by atoms with van der Waals surface area (Å²) in [7, 11) is 0. The molecule has 6 heteroatoms. The number of aromatic nitrogens is 2. The van der Waals surface area contributed by atoms with Gasteiger partial charge in [0.2, 0.25) is 0 Å². The monoisotopic (exact) mass is 422 g/mol. The molecule has 150 valence electrons. The Morgan fingerprint density at radius 1 is 1.17 bits per heavy atom. The number of anilines is 2. The molecule has 0 spiro atoms. The van der Waals surface area contributed by atoms with Crippen LogP contribution < -0.4 is 5.32 Å². The van der Waals surface area contributed by atoms with Crippen molar-refractivity contribution in [3.8, 4) is 0 Å². The topological polar surface area (TPSA) is 41.0 Å². The van der Waals surface area contributed by atoms with Crippen LogP contribution in [0.5, 0.6) is 0 Å². The maximum absolute atomic E-state index is 4.67. The highest BCUT2D eigenvalue weighted by Gasteiger charge is 2.31. The van der Waals surface area contributed by atoms with Crippen LogP contribution in [-0.2, 0) is 0 Å². The first-order chi connectivity index (χ1) is 14.1. The minimum Gasteiger partial charge on any atom is -0.355 e. The fourth-order valence-electron chi connectivity index (χ4n) is 4.62. The van der Waals surface area contributed by atoms with Crippen LogP contribution >= 0.6 is 22.7 Å². The summed E-state index contributed by atoms with van der Waals surface area (Å²) in [5.74, 6) is 0.588. The highest BCUT2D eigenvalue weighted by molar-refractivity contribution is 7.18. The SMILES string of the molecule is CC(C)N1CCC[C@H](c2cc3c(Nc4ccc5scnc5c4)ccnc3s2)[C@H]1C. The molecule has 1 saturated heterocycles. The minimum absolute atomic E-state index is 0.570. The average Bonchev–Trinajstić information content (AvgIpc) is 3.34. The number of likely N-dealkylation sites (tertiary alicyclic amines) is 1. The van der Waals surface area contributed by atoms with Gasteiger partial charge in [-0.1, -0.05) is 0 Å². The van der Waals surface area contributed by atoms with Crippen molar-refractivity contribution in [3.05, 3.63) is 46.9 Å². The van der Waals surface area contributed by atoms with E-state index in [-0.39, 0.29) is 0 Å². The zero-order valence-electron chi connectivity index (χ0n) is 17.1. The second-order valence-electron chi connectivity index (χ2n) is 8.21. The molecular weight excluding hydrogens is 396 g/mol. The molecule has 0 saturated carbocycles. The minimum atomic E-state index is 0.570. The van der Waals surface area contributed by atoms with Crippen LogP contribution in [0, 0.1) is 0 Å². The Hall–Kier alpha value is -2.02. The first-order valence-corrected chi connectivity index (χ1v) is 12.0. The lowest BCUT2D eigenvalue weighted by Gasteiger charge is -2.41. The fraction of sp³-hybridized carbons (Fsp3) is 0.391. The molecule has 1 aliphatic heterocycles. The van der Waals surface area contributed by atoms with E-state index >= 15 is 0 Å². The third-order valence-electron chi connectivity index (χ3n) is 6.13. The lowest BCUT2D eigenvalue weighted by atomic mass is 9.88. The molecule has 4 nitrogen and oxygen atoms in total. The molecule has 0 unspecified atom stereocenters. The zero-order chi connectivity index (χ0) is 20.0. The number of fused-ring (bicyclic) bond motifs is 2. The largest absolute Gasteiger partial charge is 0.355 e. The van der Waals surface area contributed by atoms with Gasteiger partial charge >= 0.3 is 0 Å². The summed E-state index contributed by atoms with van der Waals surface area (Å²) in [4.78, 5) is 14.3. The molecule has 0 amide bonds. The van der Waals surface area contributed by atoms with Crippen LogP contribution in [-0.4, -0.2) is 33.5 Å². The molecule has 1 aliphatic rings. The molecule has 5 rings (SSSR count). The summed E-state index contributed by atoms with van der Waals surface area (Å²) in [6, 6.07) is 12.0. The van der Waals surface area contributed by atoms with Gasteiger partial charge in [0.25, 0.3) is 0 Å². The molecule has 29 heavy (non-hydrogen) atoms. The van der Waals surface area contributed by atoms with Crippen molar-refractivity contribution < 1.29 is 0 Å². The van der Waals surface area contributed by atoms with Gasteiger partial charge in [-0.2, -0.15) is 0 Å². The van der Waals surface area contributed by atoms with E-state index in [4.69, 9.17) is 0 Å². The quantitative estimate of drug-likeness (QED) is 0.401. The maximum atomic E-state index is 4.67. The molecule has 1 N–H and O–H groups in total. The number of benzene rings is 1. The van der Waals surface area contributed by atoms with Crippen molar-refractivity contribution in [2.75, 3.05) is 11.9 Å².